The molecular formula is C15H15ClFN3O. The lowest BCUT2D eigenvalue weighted by Crippen LogP contribution is -2.38. The predicted molar refractivity (Wildman–Crippen MR) is 77.7 cm³/mol. The fourth-order valence-electron chi connectivity index (χ4n) is 2.76. The van der Waals surface area contributed by atoms with E-state index in [1.807, 2.05) is 12.3 Å². The maximum atomic E-state index is 13.9. The van der Waals surface area contributed by atoms with E-state index in [0.29, 0.717) is 13.1 Å². The van der Waals surface area contributed by atoms with Crippen LogP contribution in [0.25, 0.3) is 0 Å². The summed E-state index contributed by atoms with van der Waals surface area (Å²) in [5, 5.41) is 4.32. The number of hydrogen-bond acceptors (Lipinski definition) is 2. The van der Waals surface area contributed by atoms with Gasteiger partial charge in [-0.3, -0.25) is 9.48 Å². The first kappa shape index (κ1) is 14.1. The Hall–Kier alpha value is -1.88. The molecule has 1 atom stereocenters. The van der Waals surface area contributed by atoms with E-state index in [-0.39, 0.29) is 22.5 Å². The van der Waals surface area contributed by atoms with Crippen LogP contribution in [0.15, 0.2) is 36.7 Å². The number of aromatic nitrogens is 2. The van der Waals surface area contributed by atoms with Crippen molar-refractivity contribution in [1.29, 1.82) is 0 Å². The van der Waals surface area contributed by atoms with Gasteiger partial charge in [-0.25, -0.2) is 4.39 Å². The number of nitrogens with zero attached hydrogens (tertiary/aromatic N) is 3. The van der Waals surface area contributed by atoms with Gasteiger partial charge < -0.3 is 4.90 Å². The molecule has 6 heteroatoms. The fraction of sp³-hybridized carbons (Fsp3) is 0.333. The van der Waals surface area contributed by atoms with Crippen LogP contribution in [0.1, 0.15) is 23.2 Å². The molecule has 1 fully saturated rings. The first-order chi connectivity index (χ1) is 10.2. The van der Waals surface area contributed by atoms with Gasteiger partial charge in [-0.15, -0.1) is 0 Å². The summed E-state index contributed by atoms with van der Waals surface area (Å²) in [5.41, 5.74) is -0.0356. The van der Waals surface area contributed by atoms with E-state index in [0.717, 1.165) is 12.8 Å². The molecule has 0 saturated carbocycles. The monoisotopic (exact) mass is 307 g/mol. The zero-order chi connectivity index (χ0) is 14.8. The van der Waals surface area contributed by atoms with Crippen LogP contribution in [0.5, 0.6) is 0 Å². The molecule has 0 unspecified atom stereocenters. The third kappa shape index (κ3) is 2.78. The summed E-state index contributed by atoms with van der Waals surface area (Å²) in [5.74, 6) is -0.912. The number of carbonyl (C=O) groups excluding carboxylic acids is 1. The summed E-state index contributed by atoms with van der Waals surface area (Å²) >= 11 is 5.99. The van der Waals surface area contributed by atoms with Gasteiger partial charge in [0.25, 0.3) is 5.91 Å². The normalized spacial score (nSPS) is 18.2. The lowest BCUT2D eigenvalue weighted by molar-refractivity contribution is 0.0717. The van der Waals surface area contributed by atoms with Gasteiger partial charge in [-0.1, -0.05) is 17.7 Å². The summed E-state index contributed by atoms with van der Waals surface area (Å²) in [6.07, 6.45) is 5.35. The molecule has 0 spiro atoms. The van der Waals surface area contributed by atoms with Crippen molar-refractivity contribution >= 4 is 17.5 Å². The molecule has 1 saturated heterocycles. The smallest absolute Gasteiger partial charge is 0.258 e. The lowest BCUT2D eigenvalue weighted by atomic mass is 10.1. The Morgan fingerprint density at radius 2 is 2.29 bits per heavy atom. The summed E-state index contributed by atoms with van der Waals surface area (Å²) in [4.78, 5) is 14.3. The highest BCUT2D eigenvalue weighted by atomic mass is 35.5. The van der Waals surface area contributed by atoms with E-state index in [1.54, 1.807) is 15.8 Å². The van der Waals surface area contributed by atoms with Crippen LogP contribution in [-0.2, 0) is 6.54 Å². The van der Waals surface area contributed by atoms with Crippen LogP contribution >= 0.6 is 11.6 Å². The standard InChI is InChI=1S/C15H15ClFN3O/c16-12-5-1-6-13(17)14(12)15(21)20-9-2-4-11(20)10-19-8-3-7-18-19/h1,3,5-8,11H,2,4,9-10H2/t11-/m1/s1. The molecule has 0 aliphatic carbocycles. The lowest BCUT2D eigenvalue weighted by Gasteiger charge is -2.25. The first-order valence-corrected chi connectivity index (χ1v) is 7.27. The zero-order valence-electron chi connectivity index (χ0n) is 11.4. The molecular weight excluding hydrogens is 293 g/mol. The molecule has 0 bridgehead atoms. The topological polar surface area (TPSA) is 38.1 Å². The maximum absolute atomic E-state index is 13.9. The van der Waals surface area contributed by atoms with Crippen LogP contribution < -0.4 is 0 Å². The van der Waals surface area contributed by atoms with E-state index >= 15 is 0 Å². The van der Waals surface area contributed by atoms with Gasteiger partial charge in [-0.05, 0) is 31.0 Å². The van der Waals surface area contributed by atoms with E-state index in [1.165, 1.54) is 18.2 Å². The van der Waals surface area contributed by atoms with Crippen molar-refractivity contribution in [3.8, 4) is 0 Å². The van der Waals surface area contributed by atoms with Gasteiger partial charge in [0.1, 0.15) is 5.82 Å². The second-order valence-electron chi connectivity index (χ2n) is 5.12. The van der Waals surface area contributed by atoms with Crippen LogP contribution in [0.4, 0.5) is 4.39 Å². The van der Waals surface area contributed by atoms with Gasteiger partial charge in [-0.2, -0.15) is 5.10 Å². The Morgan fingerprint density at radius 3 is 3.00 bits per heavy atom. The van der Waals surface area contributed by atoms with Crippen LogP contribution in [0, 0.1) is 5.82 Å². The van der Waals surface area contributed by atoms with E-state index in [4.69, 9.17) is 11.6 Å². The van der Waals surface area contributed by atoms with Gasteiger partial charge >= 0.3 is 0 Å². The van der Waals surface area contributed by atoms with E-state index < -0.39 is 5.82 Å². The minimum Gasteiger partial charge on any atom is -0.334 e. The largest absolute Gasteiger partial charge is 0.334 e. The second kappa shape index (κ2) is 5.85. The highest BCUT2D eigenvalue weighted by molar-refractivity contribution is 6.33. The second-order valence-corrected chi connectivity index (χ2v) is 5.53. The van der Waals surface area contributed by atoms with Gasteiger partial charge in [0, 0.05) is 18.9 Å². The number of rotatable bonds is 3. The minimum atomic E-state index is -0.572. The average Bonchev–Trinajstić information content (AvgIpc) is 3.10. The highest BCUT2D eigenvalue weighted by Crippen LogP contribution is 2.26. The number of halogens is 2. The molecule has 21 heavy (non-hydrogen) atoms. The van der Waals surface area contributed by atoms with Crippen molar-refractivity contribution < 1.29 is 9.18 Å². The molecule has 110 valence electrons. The Balaban J connectivity index is 1.83. The van der Waals surface area contributed by atoms with Gasteiger partial charge in [0.15, 0.2) is 0 Å². The van der Waals surface area contributed by atoms with Gasteiger partial charge in [0.05, 0.1) is 23.2 Å². The average molecular weight is 308 g/mol. The minimum absolute atomic E-state index is 0.0214. The number of benzene rings is 1. The molecule has 0 N–H and O–H groups in total. The van der Waals surface area contributed by atoms with Crippen molar-refractivity contribution in [3.05, 3.63) is 53.1 Å². The maximum Gasteiger partial charge on any atom is 0.258 e. The SMILES string of the molecule is O=C(c1c(F)cccc1Cl)N1CCC[C@@H]1Cn1cccn1. The number of likely N-dealkylation sites (tertiary alicyclic amines) is 1. The van der Waals surface area contributed by atoms with Crippen molar-refractivity contribution in [2.45, 2.75) is 25.4 Å². The molecule has 0 radical (unpaired) electrons. The van der Waals surface area contributed by atoms with Crippen LogP contribution in [0.3, 0.4) is 0 Å². The molecule has 4 nitrogen and oxygen atoms in total. The van der Waals surface area contributed by atoms with Crippen LogP contribution in [-0.4, -0.2) is 33.2 Å². The van der Waals surface area contributed by atoms with Crippen molar-refractivity contribution in [2.24, 2.45) is 0 Å². The molecule has 1 aromatic carbocycles. The molecule has 2 aromatic rings. The summed E-state index contributed by atoms with van der Waals surface area (Å²) in [6, 6.07) is 6.16. The Kier molecular flexibility index (Phi) is 3.92. The quantitative estimate of drug-likeness (QED) is 0.874. The van der Waals surface area contributed by atoms with Crippen LogP contribution in [0.2, 0.25) is 5.02 Å². The number of carbonyl (C=O) groups is 1. The number of hydrogen-bond donors (Lipinski definition) is 0. The molecule has 1 aliphatic heterocycles. The number of amides is 1. The third-order valence-electron chi connectivity index (χ3n) is 3.77. The van der Waals surface area contributed by atoms with Gasteiger partial charge in [0.2, 0.25) is 0 Å². The predicted octanol–water partition coefficient (Wildman–Crippen LogP) is 2.98. The van der Waals surface area contributed by atoms with Crippen molar-refractivity contribution in [2.75, 3.05) is 6.54 Å². The molecule has 1 aliphatic rings. The highest BCUT2D eigenvalue weighted by Gasteiger charge is 2.32. The molecule has 3 rings (SSSR count). The third-order valence-corrected chi connectivity index (χ3v) is 4.09. The van der Waals surface area contributed by atoms with Crippen molar-refractivity contribution in [1.82, 2.24) is 14.7 Å². The van der Waals surface area contributed by atoms with E-state index in [2.05, 4.69) is 5.10 Å². The molecule has 2 heterocycles. The summed E-state index contributed by atoms with van der Waals surface area (Å²) < 4.78 is 15.7. The first-order valence-electron chi connectivity index (χ1n) is 6.89. The zero-order valence-corrected chi connectivity index (χ0v) is 12.1. The Bertz CT molecular complexity index is 624. The Morgan fingerprint density at radius 1 is 1.43 bits per heavy atom. The Labute approximate surface area is 127 Å². The fourth-order valence-corrected chi connectivity index (χ4v) is 3.01. The summed E-state index contributed by atoms with van der Waals surface area (Å²) in [6.45, 7) is 1.24. The van der Waals surface area contributed by atoms with Crippen molar-refractivity contribution in [3.63, 3.8) is 0 Å². The molecule has 1 amide bonds. The van der Waals surface area contributed by atoms with E-state index in [9.17, 15) is 9.18 Å². The summed E-state index contributed by atoms with van der Waals surface area (Å²) in [7, 11) is 0. The molecule has 1 aromatic heterocycles.